The van der Waals surface area contributed by atoms with Crippen molar-refractivity contribution in [3.8, 4) is 0 Å². The van der Waals surface area contributed by atoms with Crippen molar-refractivity contribution in [3.63, 3.8) is 0 Å². The minimum Gasteiger partial charge on any atom is -0.464 e. The molecule has 11 heavy (non-hydrogen) atoms. The summed E-state index contributed by atoms with van der Waals surface area (Å²) in [5, 5.41) is 0. The van der Waals surface area contributed by atoms with Gasteiger partial charge in [0.25, 0.3) is 0 Å². The first-order valence-electron chi connectivity index (χ1n) is 2.90. The van der Waals surface area contributed by atoms with E-state index in [0.717, 1.165) is 0 Å². The molecule has 6 heteroatoms. The van der Waals surface area contributed by atoms with Crippen molar-refractivity contribution in [2.45, 2.75) is 18.9 Å². The summed E-state index contributed by atoms with van der Waals surface area (Å²) in [7, 11) is 0. The van der Waals surface area contributed by atoms with E-state index in [1.165, 1.54) is 0 Å². The second-order valence-corrected chi connectivity index (χ2v) is 2.01. The third-order valence-corrected chi connectivity index (χ3v) is 1.16. The molecular weight excluding hydrogens is 165 g/mol. The number of hydrogen-bond acceptors (Lipinski definition) is 3. The average molecular weight is 170 g/mol. The topological polar surface area (TPSA) is 35.5 Å². The highest BCUT2D eigenvalue weighted by molar-refractivity contribution is 5.76. The highest BCUT2D eigenvalue weighted by Gasteiger charge is 2.39. The Bertz CT molecular complexity index is 165. The molecule has 0 aromatic heterocycles. The Kier molecular flexibility index (Phi) is 2.03. The molecular formula is C5H5F3O3. The van der Waals surface area contributed by atoms with Crippen LogP contribution in [0.1, 0.15) is 6.42 Å². The largest absolute Gasteiger partial charge is 0.523 e. The molecule has 0 saturated carbocycles. The van der Waals surface area contributed by atoms with E-state index < -0.39 is 18.4 Å². The van der Waals surface area contributed by atoms with Gasteiger partial charge < -0.3 is 4.74 Å². The van der Waals surface area contributed by atoms with Crippen molar-refractivity contribution in [2.75, 3.05) is 6.61 Å². The van der Waals surface area contributed by atoms with Crippen molar-refractivity contribution < 1.29 is 27.4 Å². The van der Waals surface area contributed by atoms with E-state index >= 15 is 0 Å². The Hall–Kier alpha value is -0.780. The lowest BCUT2D eigenvalue weighted by atomic mass is 10.3. The highest BCUT2D eigenvalue weighted by Crippen LogP contribution is 2.23. The molecule has 0 radical (unpaired) electrons. The lowest BCUT2D eigenvalue weighted by Crippen LogP contribution is -2.27. The van der Waals surface area contributed by atoms with Gasteiger partial charge in [-0.05, 0) is 0 Å². The van der Waals surface area contributed by atoms with Crippen molar-refractivity contribution in [2.24, 2.45) is 0 Å². The van der Waals surface area contributed by atoms with Gasteiger partial charge in [0.2, 0.25) is 0 Å². The first-order chi connectivity index (χ1) is 4.99. The van der Waals surface area contributed by atoms with Crippen molar-refractivity contribution in [1.82, 2.24) is 0 Å². The third-order valence-electron chi connectivity index (χ3n) is 1.16. The normalized spacial score (nSPS) is 25.4. The first-order valence-corrected chi connectivity index (χ1v) is 2.90. The van der Waals surface area contributed by atoms with Crippen molar-refractivity contribution in [1.29, 1.82) is 0 Å². The predicted octanol–water partition coefficient (Wildman–Crippen LogP) is 0.838. The van der Waals surface area contributed by atoms with Crippen LogP contribution in [0.2, 0.25) is 0 Å². The maximum Gasteiger partial charge on any atom is 0.523 e. The molecule has 0 aliphatic carbocycles. The van der Waals surface area contributed by atoms with Gasteiger partial charge in [0.05, 0.1) is 6.61 Å². The van der Waals surface area contributed by atoms with Gasteiger partial charge in [-0.3, -0.25) is 4.74 Å². The fourth-order valence-electron chi connectivity index (χ4n) is 0.746. The number of halogens is 3. The molecule has 1 aliphatic heterocycles. The second kappa shape index (κ2) is 2.69. The van der Waals surface area contributed by atoms with Crippen molar-refractivity contribution >= 4 is 5.97 Å². The summed E-state index contributed by atoms with van der Waals surface area (Å²) in [5.74, 6) is -0.942. The van der Waals surface area contributed by atoms with Gasteiger partial charge in [-0.25, -0.2) is 4.79 Å². The fraction of sp³-hybridized carbons (Fsp3) is 0.800. The van der Waals surface area contributed by atoms with Crippen LogP contribution in [0, 0.1) is 0 Å². The summed E-state index contributed by atoms with van der Waals surface area (Å²) in [5.41, 5.74) is 0. The number of alkyl halides is 3. The number of rotatable bonds is 1. The maximum atomic E-state index is 11.5. The summed E-state index contributed by atoms with van der Waals surface area (Å²) < 4.78 is 42.0. The molecule has 1 heterocycles. The molecule has 1 saturated heterocycles. The molecule has 1 fully saturated rings. The van der Waals surface area contributed by atoms with E-state index in [-0.39, 0.29) is 13.0 Å². The highest BCUT2D eigenvalue weighted by atomic mass is 19.4. The lowest BCUT2D eigenvalue weighted by molar-refractivity contribution is -0.337. The lowest BCUT2D eigenvalue weighted by Gasteiger charge is -2.09. The van der Waals surface area contributed by atoms with Gasteiger partial charge in [0, 0.05) is 6.42 Å². The molecule has 0 N–H and O–H groups in total. The molecule has 1 unspecified atom stereocenters. The van der Waals surface area contributed by atoms with Gasteiger partial charge in [-0.1, -0.05) is 0 Å². The van der Waals surface area contributed by atoms with Crippen LogP contribution in [0.3, 0.4) is 0 Å². The van der Waals surface area contributed by atoms with Gasteiger partial charge in [0.15, 0.2) is 6.10 Å². The number of cyclic esters (lactones) is 1. The van der Waals surface area contributed by atoms with E-state index in [9.17, 15) is 18.0 Å². The summed E-state index contributed by atoms with van der Waals surface area (Å²) in [6.07, 6.45) is -6.25. The number of esters is 1. The van der Waals surface area contributed by atoms with Gasteiger partial charge in [-0.2, -0.15) is 0 Å². The molecule has 1 aliphatic rings. The standard InChI is InChI=1S/C5H5F3O3/c6-5(7,8)11-3-1-2-10-4(3)9/h3H,1-2H2. The zero-order chi connectivity index (χ0) is 8.48. The Morgan fingerprint density at radius 3 is 2.55 bits per heavy atom. The minimum atomic E-state index is -4.76. The molecule has 0 amide bonds. The third kappa shape index (κ3) is 2.38. The van der Waals surface area contributed by atoms with E-state index in [1.54, 1.807) is 0 Å². The summed E-state index contributed by atoms with van der Waals surface area (Å²) in [4.78, 5) is 10.4. The number of carbonyl (C=O) groups is 1. The SMILES string of the molecule is O=C1OCCC1OC(F)(F)F. The Morgan fingerprint density at radius 2 is 2.18 bits per heavy atom. The monoisotopic (exact) mass is 170 g/mol. The summed E-state index contributed by atoms with van der Waals surface area (Å²) in [6, 6.07) is 0. The Labute approximate surface area is 60.1 Å². The van der Waals surface area contributed by atoms with Crippen LogP contribution in [0.15, 0.2) is 0 Å². The van der Waals surface area contributed by atoms with Crippen LogP contribution >= 0.6 is 0 Å². The van der Waals surface area contributed by atoms with Crippen LogP contribution in [-0.2, 0) is 14.3 Å². The molecule has 0 spiro atoms. The Morgan fingerprint density at radius 1 is 1.55 bits per heavy atom. The number of ether oxygens (including phenoxy) is 2. The molecule has 1 atom stereocenters. The molecule has 0 aromatic carbocycles. The summed E-state index contributed by atoms with van der Waals surface area (Å²) >= 11 is 0. The van der Waals surface area contributed by atoms with E-state index in [2.05, 4.69) is 9.47 Å². The van der Waals surface area contributed by atoms with Crippen LogP contribution in [0.5, 0.6) is 0 Å². The van der Waals surface area contributed by atoms with Crippen LogP contribution in [0.4, 0.5) is 13.2 Å². The Balaban J connectivity index is 2.43. The zero-order valence-electron chi connectivity index (χ0n) is 5.35. The van der Waals surface area contributed by atoms with E-state index in [0.29, 0.717) is 0 Å². The average Bonchev–Trinajstić information content (AvgIpc) is 2.12. The van der Waals surface area contributed by atoms with Gasteiger partial charge >= 0.3 is 12.3 Å². The van der Waals surface area contributed by atoms with Crippen LogP contribution < -0.4 is 0 Å². The zero-order valence-corrected chi connectivity index (χ0v) is 5.35. The van der Waals surface area contributed by atoms with Gasteiger partial charge in [-0.15, -0.1) is 13.2 Å². The van der Waals surface area contributed by atoms with E-state index in [1.807, 2.05) is 0 Å². The second-order valence-electron chi connectivity index (χ2n) is 2.01. The van der Waals surface area contributed by atoms with Crippen molar-refractivity contribution in [3.05, 3.63) is 0 Å². The maximum absolute atomic E-state index is 11.5. The molecule has 1 rings (SSSR count). The minimum absolute atomic E-state index is 0.000417. The number of hydrogen-bond donors (Lipinski definition) is 0. The van der Waals surface area contributed by atoms with Crippen LogP contribution in [0.25, 0.3) is 0 Å². The quantitative estimate of drug-likeness (QED) is 0.547. The van der Waals surface area contributed by atoms with Gasteiger partial charge in [0.1, 0.15) is 0 Å². The first kappa shape index (κ1) is 8.32. The summed E-state index contributed by atoms with van der Waals surface area (Å²) in [6.45, 7) is -0.000417. The molecule has 3 nitrogen and oxygen atoms in total. The molecule has 0 aromatic rings. The fourth-order valence-corrected chi connectivity index (χ4v) is 0.746. The smallest absolute Gasteiger partial charge is 0.464 e. The predicted molar refractivity (Wildman–Crippen MR) is 26.5 cm³/mol. The molecule has 0 bridgehead atoms. The van der Waals surface area contributed by atoms with Crippen LogP contribution in [-0.4, -0.2) is 25.0 Å². The van der Waals surface area contributed by atoms with E-state index in [4.69, 9.17) is 0 Å². The number of carbonyl (C=O) groups excluding carboxylic acids is 1. The molecule has 64 valence electrons.